The van der Waals surface area contributed by atoms with Crippen LogP contribution in [0.3, 0.4) is 0 Å². The molecule has 0 spiro atoms. The second-order valence-corrected chi connectivity index (χ2v) is 6.04. The summed E-state index contributed by atoms with van der Waals surface area (Å²) < 4.78 is 16.6. The average molecular weight is 390 g/mol. The molecule has 1 saturated heterocycles. The number of nitro benzene ring substituents is 2. The number of benzene rings is 1. The zero-order chi connectivity index (χ0) is 19.9. The van der Waals surface area contributed by atoms with Crippen molar-refractivity contribution in [2.75, 3.05) is 18.6 Å². The molecule has 11 nitrogen and oxygen atoms in total. The number of non-ortho nitro benzene ring substituents is 1. The van der Waals surface area contributed by atoms with Crippen LogP contribution in [0.15, 0.2) is 39.9 Å². The molecule has 0 amide bonds. The van der Waals surface area contributed by atoms with Crippen molar-refractivity contribution in [3.63, 3.8) is 0 Å². The van der Waals surface area contributed by atoms with E-state index in [1.807, 2.05) is 0 Å². The Morgan fingerprint density at radius 2 is 2.11 bits per heavy atom. The molecule has 2 aromatic rings. The quantitative estimate of drug-likeness (QED) is 0.390. The zero-order valence-corrected chi connectivity index (χ0v) is 14.8. The normalized spacial score (nSPS) is 16.5. The standard InChI is InChI=1S/C17H18N4O7/c22-20(23)12-3-6-16(17(8-12)21(24)25)19-18-9-13-4-5-15(28-13)11-26-10-14-2-1-7-27-14/h3-6,8-9,14,19H,1-2,7,10-11H2. The minimum atomic E-state index is -0.721. The van der Waals surface area contributed by atoms with Gasteiger partial charge in [0.15, 0.2) is 0 Å². The molecule has 1 aromatic carbocycles. The summed E-state index contributed by atoms with van der Waals surface area (Å²) in [5, 5.41) is 25.7. The first-order chi connectivity index (χ1) is 13.5. The molecule has 28 heavy (non-hydrogen) atoms. The molecular weight excluding hydrogens is 372 g/mol. The van der Waals surface area contributed by atoms with Crippen LogP contribution in [0, 0.1) is 20.2 Å². The Morgan fingerprint density at radius 1 is 1.25 bits per heavy atom. The van der Waals surface area contributed by atoms with Gasteiger partial charge in [0.05, 0.1) is 34.8 Å². The van der Waals surface area contributed by atoms with E-state index in [1.54, 1.807) is 12.1 Å². The average Bonchev–Trinajstić information content (AvgIpc) is 3.34. The lowest BCUT2D eigenvalue weighted by atomic mass is 10.2. The number of hydrogen-bond acceptors (Lipinski definition) is 9. The number of anilines is 1. The van der Waals surface area contributed by atoms with E-state index >= 15 is 0 Å². The Labute approximate surface area is 159 Å². The highest BCUT2D eigenvalue weighted by Gasteiger charge is 2.19. The van der Waals surface area contributed by atoms with Crippen LogP contribution in [-0.4, -0.2) is 35.4 Å². The van der Waals surface area contributed by atoms with Crippen molar-refractivity contribution in [3.05, 3.63) is 62.1 Å². The number of rotatable bonds is 9. The smallest absolute Gasteiger partial charge is 0.301 e. The molecule has 1 aromatic heterocycles. The van der Waals surface area contributed by atoms with Crippen molar-refractivity contribution < 1.29 is 23.7 Å². The number of hydrazone groups is 1. The maximum absolute atomic E-state index is 11.1. The molecule has 0 saturated carbocycles. The molecule has 3 rings (SSSR count). The van der Waals surface area contributed by atoms with Crippen LogP contribution in [0.25, 0.3) is 0 Å². The van der Waals surface area contributed by atoms with Crippen LogP contribution in [0.4, 0.5) is 17.1 Å². The lowest BCUT2D eigenvalue weighted by Gasteiger charge is -2.08. The SMILES string of the molecule is O=[N+]([O-])c1ccc(NN=Cc2ccc(COCC3CCCO3)o2)c([N+](=O)[O-])c1. The highest BCUT2D eigenvalue weighted by atomic mass is 16.6. The fourth-order valence-corrected chi connectivity index (χ4v) is 2.65. The second-order valence-electron chi connectivity index (χ2n) is 6.04. The van der Waals surface area contributed by atoms with E-state index in [2.05, 4.69) is 10.5 Å². The number of ether oxygens (including phenoxy) is 2. The highest BCUT2D eigenvalue weighted by Crippen LogP contribution is 2.28. The maximum atomic E-state index is 11.1. The van der Waals surface area contributed by atoms with Gasteiger partial charge in [0.25, 0.3) is 5.69 Å². The van der Waals surface area contributed by atoms with Gasteiger partial charge in [0, 0.05) is 12.7 Å². The molecule has 2 heterocycles. The van der Waals surface area contributed by atoms with E-state index in [4.69, 9.17) is 13.9 Å². The van der Waals surface area contributed by atoms with Crippen LogP contribution in [0.2, 0.25) is 0 Å². The van der Waals surface area contributed by atoms with Crippen molar-refractivity contribution in [1.29, 1.82) is 0 Å². The highest BCUT2D eigenvalue weighted by molar-refractivity contribution is 5.77. The van der Waals surface area contributed by atoms with Crippen LogP contribution in [-0.2, 0) is 16.1 Å². The maximum Gasteiger partial charge on any atom is 0.301 e. The van der Waals surface area contributed by atoms with Gasteiger partial charge in [-0.15, -0.1) is 0 Å². The van der Waals surface area contributed by atoms with Gasteiger partial charge in [-0.3, -0.25) is 25.7 Å². The van der Waals surface area contributed by atoms with Gasteiger partial charge in [-0.2, -0.15) is 5.10 Å². The molecule has 0 bridgehead atoms. The molecule has 1 N–H and O–H groups in total. The number of nitrogens with zero attached hydrogens (tertiary/aromatic N) is 3. The lowest BCUT2D eigenvalue weighted by molar-refractivity contribution is -0.393. The zero-order valence-electron chi connectivity index (χ0n) is 14.8. The van der Waals surface area contributed by atoms with E-state index in [0.29, 0.717) is 24.7 Å². The van der Waals surface area contributed by atoms with Crippen molar-refractivity contribution in [1.82, 2.24) is 0 Å². The summed E-state index contributed by atoms with van der Waals surface area (Å²) in [6.45, 7) is 1.58. The number of hydrogen-bond donors (Lipinski definition) is 1. The fourth-order valence-electron chi connectivity index (χ4n) is 2.65. The van der Waals surface area contributed by atoms with E-state index in [1.165, 1.54) is 12.3 Å². The van der Waals surface area contributed by atoms with Crippen molar-refractivity contribution in [2.24, 2.45) is 5.10 Å². The van der Waals surface area contributed by atoms with Crippen molar-refractivity contribution >= 4 is 23.3 Å². The summed E-state index contributed by atoms with van der Waals surface area (Å²) in [5.74, 6) is 1.04. The fraction of sp³-hybridized carbons (Fsp3) is 0.353. The number of nitro groups is 2. The van der Waals surface area contributed by atoms with Gasteiger partial charge >= 0.3 is 5.69 Å². The minimum absolute atomic E-state index is 0.0264. The first-order valence-electron chi connectivity index (χ1n) is 8.53. The van der Waals surface area contributed by atoms with Crippen molar-refractivity contribution in [3.8, 4) is 0 Å². The van der Waals surface area contributed by atoms with Crippen LogP contribution >= 0.6 is 0 Å². The minimum Gasteiger partial charge on any atom is -0.458 e. The molecule has 1 aliphatic rings. The first-order valence-corrected chi connectivity index (χ1v) is 8.53. The Morgan fingerprint density at radius 3 is 2.82 bits per heavy atom. The Balaban J connectivity index is 1.55. The second kappa shape index (κ2) is 9.06. The summed E-state index contributed by atoms with van der Waals surface area (Å²) in [5.41, 5.74) is 1.70. The lowest BCUT2D eigenvalue weighted by Crippen LogP contribution is -2.13. The molecule has 0 radical (unpaired) electrons. The summed E-state index contributed by atoms with van der Waals surface area (Å²) in [6.07, 6.45) is 3.53. The molecule has 1 atom stereocenters. The van der Waals surface area contributed by atoms with Crippen LogP contribution in [0.5, 0.6) is 0 Å². The van der Waals surface area contributed by atoms with Gasteiger partial charge in [-0.1, -0.05) is 0 Å². The predicted molar refractivity (Wildman–Crippen MR) is 98.3 cm³/mol. The monoisotopic (exact) mass is 390 g/mol. The van der Waals surface area contributed by atoms with E-state index < -0.39 is 15.5 Å². The third-order valence-electron chi connectivity index (χ3n) is 4.02. The topological polar surface area (TPSA) is 142 Å². The molecular formula is C17H18N4O7. The predicted octanol–water partition coefficient (Wildman–Crippen LogP) is 3.24. The van der Waals surface area contributed by atoms with Gasteiger partial charge < -0.3 is 13.9 Å². The van der Waals surface area contributed by atoms with E-state index in [0.717, 1.165) is 31.6 Å². The van der Waals surface area contributed by atoms with Crippen LogP contribution < -0.4 is 5.43 Å². The Bertz CT molecular complexity index is 874. The third-order valence-corrected chi connectivity index (χ3v) is 4.02. The van der Waals surface area contributed by atoms with Gasteiger partial charge in [0.2, 0.25) is 0 Å². The number of nitrogens with one attached hydrogen (secondary N) is 1. The number of furan rings is 1. The first kappa shape index (κ1) is 19.5. The van der Waals surface area contributed by atoms with Gasteiger partial charge in [0.1, 0.15) is 23.8 Å². The molecule has 1 unspecified atom stereocenters. The Hall–Kier alpha value is -3.31. The largest absolute Gasteiger partial charge is 0.458 e. The third kappa shape index (κ3) is 5.11. The summed E-state index contributed by atoms with van der Waals surface area (Å²) in [4.78, 5) is 20.4. The summed E-state index contributed by atoms with van der Waals surface area (Å²) in [6, 6.07) is 6.67. The molecule has 1 fully saturated rings. The molecule has 1 aliphatic heterocycles. The van der Waals surface area contributed by atoms with Gasteiger partial charge in [-0.05, 0) is 31.0 Å². The Kier molecular flexibility index (Phi) is 6.29. The van der Waals surface area contributed by atoms with Gasteiger partial charge in [-0.25, -0.2) is 0 Å². The molecule has 11 heteroatoms. The molecule has 0 aliphatic carbocycles. The van der Waals surface area contributed by atoms with Crippen LogP contribution in [0.1, 0.15) is 24.4 Å². The van der Waals surface area contributed by atoms with E-state index in [-0.39, 0.29) is 17.5 Å². The van der Waals surface area contributed by atoms with Crippen molar-refractivity contribution in [2.45, 2.75) is 25.6 Å². The summed E-state index contributed by atoms with van der Waals surface area (Å²) >= 11 is 0. The van der Waals surface area contributed by atoms with E-state index in [9.17, 15) is 20.2 Å². The molecule has 148 valence electrons. The summed E-state index contributed by atoms with van der Waals surface area (Å²) in [7, 11) is 0.